The number of benzene rings is 2. The Morgan fingerprint density at radius 2 is 1.74 bits per heavy atom. The first-order chi connectivity index (χ1) is 17.0. The Balaban J connectivity index is 1.77. The van der Waals surface area contributed by atoms with Crippen LogP contribution >= 0.6 is 11.3 Å². The van der Waals surface area contributed by atoms with E-state index in [1.165, 1.54) is 18.2 Å². The molecule has 2 amide bonds. The van der Waals surface area contributed by atoms with Crippen molar-refractivity contribution in [1.82, 2.24) is 9.80 Å². The van der Waals surface area contributed by atoms with Crippen LogP contribution in [0.25, 0.3) is 6.08 Å². The van der Waals surface area contributed by atoms with Crippen LogP contribution in [-0.2, 0) is 27.4 Å². The SMILES string of the molecule is COCCCN(CC(=O)N(Cc1ccc(F)cc1)Cc1sccc1C)C(=O)/C=C/c1ccccc1. The van der Waals surface area contributed by atoms with Gasteiger partial charge in [-0.3, -0.25) is 9.59 Å². The molecule has 1 aromatic heterocycles. The Kier molecular flexibility index (Phi) is 10.2. The Morgan fingerprint density at radius 1 is 1.00 bits per heavy atom. The number of carbonyl (C=O) groups excluding carboxylic acids is 2. The zero-order chi connectivity index (χ0) is 25.0. The highest BCUT2D eigenvalue weighted by molar-refractivity contribution is 7.10. The minimum atomic E-state index is -0.319. The topological polar surface area (TPSA) is 49.9 Å². The van der Waals surface area contributed by atoms with Crippen molar-refractivity contribution >= 4 is 29.2 Å². The molecule has 1 heterocycles. The fourth-order valence-electron chi connectivity index (χ4n) is 3.55. The van der Waals surface area contributed by atoms with E-state index in [0.29, 0.717) is 32.7 Å². The van der Waals surface area contributed by atoms with E-state index in [1.807, 2.05) is 48.7 Å². The van der Waals surface area contributed by atoms with Gasteiger partial charge in [-0.25, -0.2) is 4.39 Å². The van der Waals surface area contributed by atoms with Gasteiger partial charge in [0.15, 0.2) is 0 Å². The second-order valence-corrected chi connectivity index (χ2v) is 9.25. The quantitative estimate of drug-likeness (QED) is 0.254. The Bertz CT molecular complexity index is 1110. The van der Waals surface area contributed by atoms with Gasteiger partial charge in [0.2, 0.25) is 11.8 Å². The maximum Gasteiger partial charge on any atom is 0.247 e. The summed E-state index contributed by atoms with van der Waals surface area (Å²) in [4.78, 5) is 30.9. The predicted octanol–water partition coefficient (Wildman–Crippen LogP) is 5.30. The monoisotopic (exact) mass is 494 g/mol. The summed E-state index contributed by atoms with van der Waals surface area (Å²) in [6.45, 7) is 3.62. The maximum absolute atomic E-state index is 13.5. The molecule has 0 unspecified atom stereocenters. The number of rotatable bonds is 12. The van der Waals surface area contributed by atoms with Crippen molar-refractivity contribution in [2.75, 3.05) is 26.8 Å². The number of nitrogens with zero attached hydrogens (tertiary/aromatic N) is 2. The highest BCUT2D eigenvalue weighted by atomic mass is 32.1. The first kappa shape index (κ1) is 26.3. The smallest absolute Gasteiger partial charge is 0.247 e. The van der Waals surface area contributed by atoms with Crippen molar-refractivity contribution in [3.05, 3.63) is 99.5 Å². The lowest BCUT2D eigenvalue weighted by Gasteiger charge is -2.27. The predicted molar refractivity (Wildman–Crippen MR) is 138 cm³/mol. The molecule has 0 saturated heterocycles. The third kappa shape index (κ3) is 8.46. The van der Waals surface area contributed by atoms with Crippen LogP contribution in [0.3, 0.4) is 0 Å². The molecule has 0 aliphatic heterocycles. The van der Waals surface area contributed by atoms with Crippen molar-refractivity contribution in [3.63, 3.8) is 0 Å². The number of carbonyl (C=O) groups is 2. The molecule has 3 aromatic rings. The minimum absolute atomic E-state index is 0.0483. The van der Waals surface area contributed by atoms with Gasteiger partial charge in [-0.1, -0.05) is 42.5 Å². The normalized spacial score (nSPS) is 11.1. The van der Waals surface area contributed by atoms with E-state index in [0.717, 1.165) is 21.6 Å². The molecule has 0 bridgehead atoms. The number of thiophene rings is 1. The fourth-order valence-corrected chi connectivity index (χ4v) is 4.47. The van der Waals surface area contributed by atoms with E-state index in [1.54, 1.807) is 46.5 Å². The molecule has 2 aromatic carbocycles. The van der Waals surface area contributed by atoms with Crippen molar-refractivity contribution in [3.8, 4) is 0 Å². The maximum atomic E-state index is 13.5. The van der Waals surface area contributed by atoms with Gasteiger partial charge in [-0.2, -0.15) is 0 Å². The Labute approximate surface area is 210 Å². The second-order valence-electron chi connectivity index (χ2n) is 8.25. The van der Waals surface area contributed by atoms with Gasteiger partial charge in [0.05, 0.1) is 6.54 Å². The molecule has 7 heteroatoms. The average molecular weight is 495 g/mol. The lowest BCUT2D eigenvalue weighted by atomic mass is 10.2. The summed E-state index contributed by atoms with van der Waals surface area (Å²) in [5.74, 6) is -0.714. The second kappa shape index (κ2) is 13.6. The molecular weight excluding hydrogens is 463 g/mol. The molecule has 184 valence electrons. The summed E-state index contributed by atoms with van der Waals surface area (Å²) >= 11 is 1.59. The summed E-state index contributed by atoms with van der Waals surface area (Å²) in [6.07, 6.45) is 3.88. The molecular formula is C28H31FN2O3S. The van der Waals surface area contributed by atoms with Crippen LogP contribution in [-0.4, -0.2) is 48.4 Å². The number of halogens is 1. The van der Waals surface area contributed by atoms with Crippen LogP contribution in [0.2, 0.25) is 0 Å². The Hall–Kier alpha value is -3.29. The van der Waals surface area contributed by atoms with E-state index in [2.05, 4.69) is 0 Å². The number of ether oxygens (including phenoxy) is 1. The van der Waals surface area contributed by atoms with E-state index in [-0.39, 0.29) is 24.2 Å². The summed E-state index contributed by atoms with van der Waals surface area (Å²) < 4.78 is 18.5. The summed E-state index contributed by atoms with van der Waals surface area (Å²) in [5, 5.41) is 2.00. The van der Waals surface area contributed by atoms with Gasteiger partial charge in [-0.15, -0.1) is 11.3 Å². The first-order valence-corrected chi connectivity index (χ1v) is 12.4. The zero-order valence-electron chi connectivity index (χ0n) is 20.2. The van der Waals surface area contributed by atoms with Gasteiger partial charge in [0, 0.05) is 37.8 Å². The van der Waals surface area contributed by atoms with Crippen molar-refractivity contribution in [2.45, 2.75) is 26.4 Å². The van der Waals surface area contributed by atoms with E-state index in [4.69, 9.17) is 4.74 Å². The average Bonchev–Trinajstić information content (AvgIpc) is 3.27. The largest absolute Gasteiger partial charge is 0.385 e. The van der Waals surface area contributed by atoms with Crippen LogP contribution < -0.4 is 0 Å². The van der Waals surface area contributed by atoms with Crippen LogP contribution in [0.5, 0.6) is 0 Å². The molecule has 0 aliphatic carbocycles. The van der Waals surface area contributed by atoms with E-state index in [9.17, 15) is 14.0 Å². The Morgan fingerprint density at radius 3 is 2.40 bits per heavy atom. The lowest BCUT2D eigenvalue weighted by Crippen LogP contribution is -2.42. The lowest BCUT2D eigenvalue weighted by molar-refractivity contribution is -0.139. The number of methoxy groups -OCH3 is 1. The van der Waals surface area contributed by atoms with Crippen LogP contribution in [0.15, 0.2) is 72.1 Å². The molecule has 3 rings (SSSR count). The summed E-state index contributed by atoms with van der Waals surface area (Å²) in [6, 6.07) is 17.7. The third-order valence-corrected chi connectivity index (χ3v) is 6.58. The first-order valence-electron chi connectivity index (χ1n) is 11.5. The van der Waals surface area contributed by atoms with E-state index < -0.39 is 0 Å². The fraction of sp³-hybridized carbons (Fsp3) is 0.286. The molecule has 0 radical (unpaired) electrons. The third-order valence-electron chi connectivity index (χ3n) is 5.57. The van der Waals surface area contributed by atoms with Gasteiger partial charge in [0.1, 0.15) is 12.4 Å². The number of hydrogen-bond acceptors (Lipinski definition) is 4. The molecule has 0 atom stereocenters. The van der Waals surface area contributed by atoms with Gasteiger partial charge >= 0.3 is 0 Å². The molecule has 0 N–H and O–H groups in total. The van der Waals surface area contributed by atoms with E-state index >= 15 is 0 Å². The standard InChI is InChI=1S/C28H31FN2O3S/c1-22-15-18-35-26(22)20-31(19-24-9-12-25(29)13-10-24)28(33)21-30(16-6-17-34-2)27(32)14-11-23-7-4-3-5-8-23/h3-5,7-15,18H,6,16-17,19-21H2,1-2H3/b14-11+. The number of aryl methyl sites for hydroxylation is 1. The number of hydrogen-bond donors (Lipinski definition) is 0. The molecule has 0 saturated carbocycles. The highest BCUT2D eigenvalue weighted by Gasteiger charge is 2.21. The van der Waals surface area contributed by atoms with Gasteiger partial charge in [-0.05, 0) is 59.7 Å². The molecule has 0 fully saturated rings. The molecule has 35 heavy (non-hydrogen) atoms. The van der Waals surface area contributed by atoms with Crippen molar-refractivity contribution in [1.29, 1.82) is 0 Å². The molecule has 5 nitrogen and oxygen atoms in total. The molecule has 0 spiro atoms. The van der Waals surface area contributed by atoms with Crippen LogP contribution in [0.1, 0.15) is 28.0 Å². The zero-order valence-corrected chi connectivity index (χ0v) is 21.0. The van der Waals surface area contributed by atoms with Crippen LogP contribution in [0, 0.1) is 12.7 Å². The van der Waals surface area contributed by atoms with Crippen molar-refractivity contribution < 1.29 is 18.7 Å². The minimum Gasteiger partial charge on any atom is -0.385 e. The van der Waals surface area contributed by atoms with Gasteiger partial charge < -0.3 is 14.5 Å². The highest BCUT2D eigenvalue weighted by Crippen LogP contribution is 2.20. The summed E-state index contributed by atoms with van der Waals surface area (Å²) in [7, 11) is 1.61. The van der Waals surface area contributed by atoms with Crippen molar-refractivity contribution in [2.24, 2.45) is 0 Å². The van der Waals surface area contributed by atoms with Gasteiger partial charge in [0.25, 0.3) is 0 Å². The van der Waals surface area contributed by atoms with Crippen LogP contribution in [0.4, 0.5) is 4.39 Å². The summed E-state index contributed by atoms with van der Waals surface area (Å²) in [5.41, 5.74) is 2.86. The number of amides is 2. The molecule has 0 aliphatic rings.